The van der Waals surface area contributed by atoms with Gasteiger partial charge < -0.3 is 4.74 Å². The Morgan fingerprint density at radius 2 is 1.50 bits per heavy atom. The number of allylic oxidation sites excluding steroid dienone is 2. The number of rotatable bonds is 5. The smallest absolute Gasteiger partial charge is 0.423 e. The van der Waals surface area contributed by atoms with E-state index in [4.69, 9.17) is 4.74 Å². The van der Waals surface area contributed by atoms with Gasteiger partial charge in [-0.2, -0.15) is 8.78 Å². The molecule has 3 aromatic carbocycles. The van der Waals surface area contributed by atoms with E-state index in [-0.39, 0.29) is 11.3 Å². The monoisotopic (exact) mass is 402 g/mol. The van der Waals surface area contributed by atoms with Crippen molar-refractivity contribution in [1.82, 2.24) is 0 Å². The van der Waals surface area contributed by atoms with Gasteiger partial charge in [0.2, 0.25) is 0 Å². The Hall–Kier alpha value is -3.20. The minimum Gasteiger partial charge on any atom is -0.429 e. The van der Waals surface area contributed by atoms with Gasteiger partial charge in [0.15, 0.2) is 0 Å². The average molecular weight is 402 g/mol. The summed E-state index contributed by atoms with van der Waals surface area (Å²) in [6.45, 7) is 1.97. The van der Waals surface area contributed by atoms with Crippen LogP contribution in [0.15, 0.2) is 103 Å². The van der Waals surface area contributed by atoms with Gasteiger partial charge in [0, 0.05) is 17.1 Å². The molecule has 3 heteroatoms. The number of hydrogen-bond donors (Lipinski definition) is 0. The van der Waals surface area contributed by atoms with Crippen molar-refractivity contribution >= 4 is 5.76 Å². The van der Waals surface area contributed by atoms with Crippen molar-refractivity contribution in [2.45, 2.75) is 31.8 Å². The van der Waals surface area contributed by atoms with Crippen molar-refractivity contribution in [2.75, 3.05) is 0 Å². The fourth-order valence-electron chi connectivity index (χ4n) is 3.75. The first-order chi connectivity index (χ1) is 14.5. The summed E-state index contributed by atoms with van der Waals surface area (Å²) in [7, 11) is 0. The average Bonchev–Trinajstić information content (AvgIpc) is 2.76. The van der Waals surface area contributed by atoms with Gasteiger partial charge in [-0.05, 0) is 37.0 Å². The van der Waals surface area contributed by atoms with Crippen LogP contribution in [0.1, 0.15) is 34.6 Å². The van der Waals surface area contributed by atoms with Crippen LogP contribution in [0.2, 0.25) is 0 Å². The third-order valence-electron chi connectivity index (χ3n) is 5.36. The summed E-state index contributed by atoms with van der Waals surface area (Å²) < 4.78 is 35.7. The molecule has 0 saturated carbocycles. The zero-order chi connectivity index (χ0) is 21.0. The molecule has 0 saturated heterocycles. The summed E-state index contributed by atoms with van der Waals surface area (Å²) in [5.41, 5.74) is 3.69. The predicted molar refractivity (Wildman–Crippen MR) is 117 cm³/mol. The summed E-state index contributed by atoms with van der Waals surface area (Å²) in [5.74, 6) is -0.323. The number of aryl methyl sites for hydroxylation is 2. The van der Waals surface area contributed by atoms with E-state index in [9.17, 15) is 0 Å². The standard InChI is InChI=1S/C27H24F2O/c1-20-15-17-23(18-16-20)26-19-24(22-12-6-3-7-13-22)25(27(28,29)30-26)14-8-11-21-9-4-2-5-10-21/h2-7,9-10,12-19,24H,8,11H2,1H3/b25-14+. The Bertz CT molecular complexity index is 1040. The molecule has 0 fully saturated rings. The number of hydrogen-bond acceptors (Lipinski definition) is 1. The molecule has 0 bridgehead atoms. The molecular formula is C27H24F2O. The van der Waals surface area contributed by atoms with E-state index in [0.717, 1.165) is 16.7 Å². The maximum atomic E-state index is 15.2. The number of benzene rings is 3. The van der Waals surface area contributed by atoms with Crippen molar-refractivity contribution in [1.29, 1.82) is 0 Å². The van der Waals surface area contributed by atoms with Crippen molar-refractivity contribution < 1.29 is 13.5 Å². The van der Waals surface area contributed by atoms with E-state index in [0.29, 0.717) is 18.4 Å². The maximum absolute atomic E-state index is 15.2. The number of alkyl halides is 2. The van der Waals surface area contributed by atoms with Crippen molar-refractivity contribution in [3.05, 3.63) is 125 Å². The summed E-state index contributed by atoms with van der Waals surface area (Å²) in [4.78, 5) is 0. The van der Waals surface area contributed by atoms with Crippen LogP contribution in [-0.2, 0) is 11.2 Å². The Balaban J connectivity index is 1.70. The fourth-order valence-corrected chi connectivity index (χ4v) is 3.75. The molecule has 1 aliphatic heterocycles. The molecule has 1 unspecified atom stereocenters. The summed E-state index contributed by atoms with van der Waals surface area (Å²) in [6.07, 6.45) is 1.32. The van der Waals surface area contributed by atoms with Crippen LogP contribution in [-0.4, -0.2) is 6.11 Å². The molecule has 1 atom stereocenters. The van der Waals surface area contributed by atoms with Gasteiger partial charge >= 0.3 is 6.11 Å². The Kier molecular flexibility index (Phi) is 5.80. The molecule has 30 heavy (non-hydrogen) atoms. The van der Waals surface area contributed by atoms with Crippen LogP contribution in [0.4, 0.5) is 8.78 Å². The molecule has 1 aliphatic rings. The van der Waals surface area contributed by atoms with Gasteiger partial charge in [-0.1, -0.05) is 96.6 Å². The fraction of sp³-hybridized carbons (Fsp3) is 0.185. The highest BCUT2D eigenvalue weighted by Crippen LogP contribution is 2.46. The first-order valence-corrected chi connectivity index (χ1v) is 10.2. The van der Waals surface area contributed by atoms with Crippen LogP contribution in [0.5, 0.6) is 0 Å². The molecule has 0 N–H and O–H groups in total. The highest BCUT2D eigenvalue weighted by molar-refractivity contribution is 5.65. The molecule has 4 rings (SSSR count). The zero-order valence-corrected chi connectivity index (χ0v) is 16.9. The van der Waals surface area contributed by atoms with E-state index in [1.807, 2.05) is 97.9 Å². The van der Waals surface area contributed by atoms with Crippen LogP contribution >= 0.6 is 0 Å². The van der Waals surface area contributed by atoms with Crippen LogP contribution in [0, 0.1) is 6.92 Å². The summed E-state index contributed by atoms with van der Waals surface area (Å²) in [6, 6.07) is 26.8. The predicted octanol–water partition coefficient (Wildman–Crippen LogP) is 7.30. The van der Waals surface area contributed by atoms with Crippen LogP contribution in [0.3, 0.4) is 0 Å². The molecule has 152 valence electrons. The van der Waals surface area contributed by atoms with Crippen molar-refractivity contribution in [3.63, 3.8) is 0 Å². The molecular weight excluding hydrogens is 378 g/mol. The van der Waals surface area contributed by atoms with Gasteiger partial charge in [0.1, 0.15) is 5.76 Å². The molecule has 3 aromatic rings. The quantitative estimate of drug-likeness (QED) is 0.407. The van der Waals surface area contributed by atoms with Crippen LogP contribution in [0.25, 0.3) is 5.76 Å². The SMILES string of the molecule is Cc1ccc(C2=CC(c3ccccc3)/C(=C\CCc3ccccc3)C(F)(F)O2)cc1. The highest BCUT2D eigenvalue weighted by Gasteiger charge is 2.45. The second-order valence-corrected chi connectivity index (χ2v) is 7.59. The lowest BCUT2D eigenvalue weighted by atomic mass is 9.86. The lowest BCUT2D eigenvalue weighted by Crippen LogP contribution is -2.30. The largest absolute Gasteiger partial charge is 0.429 e. The molecule has 1 nitrogen and oxygen atoms in total. The van der Waals surface area contributed by atoms with Crippen molar-refractivity contribution in [3.8, 4) is 0 Å². The van der Waals surface area contributed by atoms with Gasteiger partial charge in [-0.3, -0.25) is 0 Å². The minimum atomic E-state index is -3.37. The second kappa shape index (κ2) is 8.66. The van der Waals surface area contributed by atoms with Gasteiger partial charge in [-0.15, -0.1) is 0 Å². The topological polar surface area (TPSA) is 9.23 Å². The highest BCUT2D eigenvalue weighted by atomic mass is 19.3. The normalized spacial score (nSPS) is 19.2. The van der Waals surface area contributed by atoms with Gasteiger partial charge in [0.05, 0.1) is 0 Å². The Labute approximate surface area is 176 Å². The zero-order valence-electron chi connectivity index (χ0n) is 16.9. The maximum Gasteiger partial charge on any atom is 0.423 e. The summed E-state index contributed by atoms with van der Waals surface area (Å²) in [5, 5.41) is 0. The van der Waals surface area contributed by atoms with E-state index in [1.54, 1.807) is 6.08 Å². The Morgan fingerprint density at radius 3 is 2.17 bits per heavy atom. The molecule has 0 aromatic heterocycles. The second-order valence-electron chi connectivity index (χ2n) is 7.59. The Morgan fingerprint density at radius 1 is 0.867 bits per heavy atom. The van der Waals surface area contributed by atoms with E-state index in [1.165, 1.54) is 0 Å². The number of ether oxygens (including phenoxy) is 1. The van der Waals surface area contributed by atoms with Gasteiger partial charge in [0.25, 0.3) is 0 Å². The van der Waals surface area contributed by atoms with Crippen LogP contribution < -0.4 is 0 Å². The van der Waals surface area contributed by atoms with Crippen molar-refractivity contribution in [2.24, 2.45) is 0 Å². The molecule has 0 radical (unpaired) electrons. The van der Waals surface area contributed by atoms with Gasteiger partial charge in [-0.25, -0.2) is 0 Å². The summed E-state index contributed by atoms with van der Waals surface area (Å²) >= 11 is 0. The molecule has 0 aliphatic carbocycles. The van der Waals surface area contributed by atoms with E-state index >= 15 is 8.78 Å². The lowest BCUT2D eigenvalue weighted by molar-refractivity contribution is -0.168. The first kappa shape index (κ1) is 20.1. The lowest BCUT2D eigenvalue weighted by Gasteiger charge is -2.32. The first-order valence-electron chi connectivity index (χ1n) is 10.2. The number of halogens is 2. The van der Waals surface area contributed by atoms with E-state index in [2.05, 4.69) is 0 Å². The minimum absolute atomic E-state index is 0.000456. The molecule has 0 spiro atoms. The molecule has 0 amide bonds. The third-order valence-corrected chi connectivity index (χ3v) is 5.36. The third kappa shape index (κ3) is 4.51. The molecule has 1 heterocycles. The van der Waals surface area contributed by atoms with E-state index < -0.39 is 12.0 Å².